The largest absolute Gasteiger partial charge is 0.368 e. The summed E-state index contributed by atoms with van der Waals surface area (Å²) in [5.41, 5.74) is 6.08. The van der Waals surface area contributed by atoms with Gasteiger partial charge in [-0.05, 0) is 37.2 Å². The topological polar surface area (TPSA) is 92.5 Å². The Labute approximate surface area is 155 Å². The molecule has 2 atom stereocenters. The van der Waals surface area contributed by atoms with E-state index in [0.717, 1.165) is 18.4 Å². The van der Waals surface area contributed by atoms with Crippen LogP contribution in [0.25, 0.3) is 0 Å². The molecule has 0 radical (unpaired) electrons. The molecule has 0 aromatic heterocycles. The lowest BCUT2D eigenvalue weighted by atomic mass is 9.80. The van der Waals surface area contributed by atoms with E-state index in [9.17, 15) is 14.4 Å². The van der Waals surface area contributed by atoms with Gasteiger partial charge in [0.15, 0.2) is 0 Å². The first kappa shape index (κ1) is 19.9. The summed E-state index contributed by atoms with van der Waals surface area (Å²) in [7, 11) is 0. The Kier molecular flexibility index (Phi) is 6.40. The molecule has 3 amide bonds. The first-order valence-electron chi connectivity index (χ1n) is 9.15. The number of nitrogens with zero attached hydrogens (tertiary/aromatic N) is 1. The molecule has 1 aliphatic heterocycles. The lowest BCUT2D eigenvalue weighted by molar-refractivity contribution is -0.143. The number of likely N-dealkylation sites (tertiary alicyclic amines) is 1. The van der Waals surface area contributed by atoms with Gasteiger partial charge in [-0.15, -0.1) is 0 Å². The number of benzene rings is 1. The molecular weight excluding hydrogens is 330 g/mol. The maximum atomic E-state index is 13.0. The summed E-state index contributed by atoms with van der Waals surface area (Å²) < 4.78 is 0. The zero-order valence-electron chi connectivity index (χ0n) is 15.8. The van der Waals surface area contributed by atoms with Gasteiger partial charge in [-0.2, -0.15) is 0 Å². The Morgan fingerprint density at radius 3 is 2.58 bits per heavy atom. The number of carbonyl (C=O) groups excluding carboxylic acids is 3. The summed E-state index contributed by atoms with van der Waals surface area (Å²) in [4.78, 5) is 38.5. The lowest BCUT2D eigenvalue weighted by Gasteiger charge is -2.35. The average Bonchev–Trinajstić information content (AvgIpc) is 2.71. The third-order valence-corrected chi connectivity index (χ3v) is 5.20. The van der Waals surface area contributed by atoms with Gasteiger partial charge in [0, 0.05) is 13.0 Å². The van der Waals surface area contributed by atoms with E-state index in [4.69, 9.17) is 5.73 Å². The number of rotatable bonds is 6. The fraction of sp³-hybridized carbons (Fsp3) is 0.550. The van der Waals surface area contributed by atoms with E-state index in [1.54, 1.807) is 6.92 Å². The molecular formula is C20H29N3O3. The maximum Gasteiger partial charge on any atom is 0.246 e. The van der Waals surface area contributed by atoms with Crippen molar-refractivity contribution in [1.82, 2.24) is 10.2 Å². The summed E-state index contributed by atoms with van der Waals surface area (Å²) in [6, 6.07) is 8.43. The molecule has 6 nitrogen and oxygen atoms in total. The highest BCUT2D eigenvalue weighted by molar-refractivity contribution is 5.92. The van der Waals surface area contributed by atoms with Crippen LogP contribution in [0.5, 0.6) is 0 Å². The van der Waals surface area contributed by atoms with Crippen LogP contribution in [0.3, 0.4) is 0 Å². The summed E-state index contributed by atoms with van der Waals surface area (Å²) in [6.07, 6.45) is 2.49. The highest BCUT2D eigenvalue weighted by Crippen LogP contribution is 2.32. The molecule has 26 heavy (non-hydrogen) atoms. The van der Waals surface area contributed by atoms with Gasteiger partial charge >= 0.3 is 0 Å². The minimum atomic E-state index is -0.680. The molecule has 1 saturated heterocycles. The summed E-state index contributed by atoms with van der Waals surface area (Å²) in [5.74, 6) is -0.923. The molecule has 3 N–H and O–H groups in total. The number of amides is 3. The van der Waals surface area contributed by atoms with E-state index >= 15 is 0 Å². The highest BCUT2D eigenvalue weighted by Gasteiger charge is 2.42. The Hall–Kier alpha value is -2.37. The molecule has 142 valence electrons. The second-order valence-corrected chi connectivity index (χ2v) is 7.69. The Balaban J connectivity index is 2.08. The van der Waals surface area contributed by atoms with Crippen molar-refractivity contribution < 1.29 is 14.4 Å². The zero-order chi connectivity index (χ0) is 19.3. The van der Waals surface area contributed by atoms with Crippen LogP contribution in [0.2, 0.25) is 0 Å². The smallest absolute Gasteiger partial charge is 0.246 e. The SMILES string of the molecule is CC(C(N)=O)N1CCCC(C)(C)C(NC(=O)CCc2ccccc2)C1=O. The van der Waals surface area contributed by atoms with Crippen LogP contribution in [0.15, 0.2) is 30.3 Å². The molecule has 1 aromatic rings. The molecule has 2 rings (SSSR count). The fourth-order valence-corrected chi connectivity index (χ4v) is 3.39. The highest BCUT2D eigenvalue weighted by atomic mass is 16.2. The number of nitrogens with two attached hydrogens (primary N) is 1. The Morgan fingerprint density at radius 2 is 1.96 bits per heavy atom. The van der Waals surface area contributed by atoms with Gasteiger partial charge in [0.1, 0.15) is 12.1 Å². The summed E-state index contributed by atoms with van der Waals surface area (Å²) in [5, 5.41) is 2.91. The van der Waals surface area contributed by atoms with Gasteiger partial charge in [0.05, 0.1) is 0 Å². The van der Waals surface area contributed by atoms with Gasteiger partial charge in [-0.1, -0.05) is 44.2 Å². The molecule has 1 aliphatic rings. The minimum Gasteiger partial charge on any atom is -0.368 e. The van der Waals surface area contributed by atoms with Crippen LogP contribution >= 0.6 is 0 Å². The summed E-state index contributed by atoms with van der Waals surface area (Å²) >= 11 is 0. The maximum absolute atomic E-state index is 13.0. The normalized spacial score (nSPS) is 21.0. The van der Waals surface area contributed by atoms with Crippen molar-refractivity contribution in [2.24, 2.45) is 11.1 Å². The number of nitrogens with one attached hydrogen (secondary N) is 1. The molecule has 0 bridgehead atoms. The quantitative estimate of drug-likeness (QED) is 0.808. The molecule has 0 spiro atoms. The number of carbonyl (C=O) groups is 3. The Bertz CT molecular complexity index is 658. The van der Waals surface area contributed by atoms with Crippen molar-refractivity contribution in [3.8, 4) is 0 Å². The molecule has 6 heteroatoms. The minimum absolute atomic E-state index is 0.158. The molecule has 1 fully saturated rings. The third kappa shape index (κ3) is 4.84. The van der Waals surface area contributed by atoms with Crippen molar-refractivity contribution in [2.75, 3.05) is 6.54 Å². The molecule has 0 saturated carbocycles. The van der Waals surface area contributed by atoms with Crippen molar-refractivity contribution in [1.29, 1.82) is 0 Å². The third-order valence-electron chi connectivity index (χ3n) is 5.20. The van der Waals surface area contributed by atoms with E-state index in [0.29, 0.717) is 19.4 Å². The lowest BCUT2D eigenvalue weighted by Crippen LogP contribution is -2.57. The van der Waals surface area contributed by atoms with Crippen molar-refractivity contribution in [3.05, 3.63) is 35.9 Å². The van der Waals surface area contributed by atoms with Crippen molar-refractivity contribution in [2.45, 2.75) is 58.5 Å². The van der Waals surface area contributed by atoms with E-state index in [1.165, 1.54) is 4.90 Å². The number of hydrogen-bond acceptors (Lipinski definition) is 3. The van der Waals surface area contributed by atoms with Gasteiger partial charge < -0.3 is 16.0 Å². The number of primary amides is 1. The predicted molar refractivity (Wildman–Crippen MR) is 100 cm³/mol. The van der Waals surface area contributed by atoms with Crippen LogP contribution in [0.1, 0.15) is 45.6 Å². The van der Waals surface area contributed by atoms with E-state index in [2.05, 4.69) is 5.32 Å². The standard InChI is InChI=1S/C20H29N3O3/c1-14(18(21)25)23-13-7-12-20(2,3)17(19(23)26)22-16(24)11-10-15-8-5-4-6-9-15/h4-6,8-9,14,17H,7,10-13H2,1-3H3,(H2,21,25)(H,22,24). The van der Waals surface area contributed by atoms with Crippen LogP contribution in [-0.2, 0) is 20.8 Å². The van der Waals surface area contributed by atoms with Gasteiger partial charge in [-0.25, -0.2) is 0 Å². The van der Waals surface area contributed by atoms with Gasteiger partial charge in [0.2, 0.25) is 17.7 Å². The predicted octanol–water partition coefficient (Wildman–Crippen LogP) is 1.63. The average molecular weight is 359 g/mol. The van der Waals surface area contributed by atoms with E-state index < -0.39 is 18.0 Å². The second kappa shape index (κ2) is 8.34. The van der Waals surface area contributed by atoms with Crippen LogP contribution in [0, 0.1) is 5.41 Å². The van der Waals surface area contributed by atoms with E-state index in [-0.39, 0.29) is 17.2 Å². The van der Waals surface area contributed by atoms with Crippen molar-refractivity contribution in [3.63, 3.8) is 0 Å². The molecule has 2 unspecified atom stereocenters. The zero-order valence-corrected chi connectivity index (χ0v) is 15.8. The van der Waals surface area contributed by atoms with Crippen molar-refractivity contribution >= 4 is 17.7 Å². The van der Waals surface area contributed by atoms with Crippen LogP contribution < -0.4 is 11.1 Å². The molecule has 1 heterocycles. The first-order chi connectivity index (χ1) is 12.2. The Morgan fingerprint density at radius 1 is 1.31 bits per heavy atom. The van der Waals surface area contributed by atoms with Gasteiger partial charge in [0.25, 0.3) is 0 Å². The second-order valence-electron chi connectivity index (χ2n) is 7.69. The van der Waals surface area contributed by atoms with Crippen LogP contribution in [0.4, 0.5) is 0 Å². The molecule has 1 aromatic carbocycles. The van der Waals surface area contributed by atoms with Gasteiger partial charge in [-0.3, -0.25) is 14.4 Å². The van der Waals surface area contributed by atoms with E-state index in [1.807, 2.05) is 44.2 Å². The summed E-state index contributed by atoms with van der Waals surface area (Å²) in [6.45, 7) is 6.06. The fourth-order valence-electron chi connectivity index (χ4n) is 3.39. The monoisotopic (exact) mass is 359 g/mol. The van der Waals surface area contributed by atoms with Crippen LogP contribution in [-0.4, -0.2) is 41.2 Å². The number of aryl methyl sites for hydroxylation is 1. The molecule has 0 aliphatic carbocycles. The first-order valence-corrected chi connectivity index (χ1v) is 9.15. The number of hydrogen-bond donors (Lipinski definition) is 2.